The Morgan fingerprint density at radius 3 is 2.89 bits per heavy atom. The summed E-state index contributed by atoms with van der Waals surface area (Å²) in [6.45, 7) is 2.76. The van der Waals surface area contributed by atoms with Crippen molar-refractivity contribution in [2.75, 3.05) is 19.6 Å². The number of likely N-dealkylation sites (tertiary alicyclic amines) is 1. The van der Waals surface area contributed by atoms with Crippen LogP contribution in [0.3, 0.4) is 0 Å². The van der Waals surface area contributed by atoms with E-state index in [9.17, 15) is 4.79 Å². The van der Waals surface area contributed by atoms with Gasteiger partial charge < -0.3 is 10.2 Å². The van der Waals surface area contributed by atoms with Crippen LogP contribution in [0, 0.1) is 0 Å². The Bertz CT molecular complexity index is 353. The number of hydrogen-bond acceptors (Lipinski definition) is 2. The first-order valence-corrected chi connectivity index (χ1v) is 6.85. The highest BCUT2D eigenvalue weighted by Gasteiger charge is 2.15. The lowest BCUT2D eigenvalue weighted by Gasteiger charge is -2.21. The van der Waals surface area contributed by atoms with Gasteiger partial charge in [0.25, 0.3) is 0 Å². The fraction of sp³-hybridized carbons (Fsp3) is 0.533. The first-order valence-electron chi connectivity index (χ1n) is 6.85. The molecule has 0 spiro atoms. The standard InChI is InChI=1S/C15H22N2O/c18-13-17-11-5-4-8-15(12-17)16-10-9-14-6-2-1-3-7-14/h1-3,6-7,13,15-16H,4-5,8-12H2. The molecule has 0 aromatic heterocycles. The molecule has 0 saturated carbocycles. The Kier molecular flexibility index (Phi) is 5.21. The monoisotopic (exact) mass is 246 g/mol. The topological polar surface area (TPSA) is 32.3 Å². The number of hydrogen-bond donors (Lipinski definition) is 1. The van der Waals surface area contributed by atoms with Gasteiger partial charge in [0.05, 0.1) is 0 Å². The van der Waals surface area contributed by atoms with Gasteiger partial charge in [-0.15, -0.1) is 0 Å². The third-order valence-electron chi connectivity index (χ3n) is 3.54. The van der Waals surface area contributed by atoms with E-state index >= 15 is 0 Å². The second kappa shape index (κ2) is 7.17. The average Bonchev–Trinajstić information content (AvgIpc) is 2.65. The molecule has 1 aliphatic rings. The second-order valence-corrected chi connectivity index (χ2v) is 4.98. The van der Waals surface area contributed by atoms with Gasteiger partial charge in [-0.1, -0.05) is 36.8 Å². The molecule has 98 valence electrons. The van der Waals surface area contributed by atoms with Crippen molar-refractivity contribution in [3.63, 3.8) is 0 Å². The number of carbonyl (C=O) groups is 1. The second-order valence-electron chi connectivity index (χ2n) is 4.98. The molecule has 1 amide bonds. The van der Waals surface area contributed by atoms with Crippen molar-refractivity contribution in [1.82, 2.24) is 10.2 Å². The molecule has 3 heteroatoms. The molecule has 1 aromatic carbocycles. The Balaban J connectivity index is 1.73. The van der Waals surface area contributed by atoms with Crippen LogP contribution in [0.1, 0.15) is 24.8 Å². The molecule has 0 bridgehead atoms. The van der Waals surface area contributed by atoms with E-state index in [1.54, 1.807) is 0 Å². The molecule has 3 nitrogen and oxygen atoms in total. The lowest BCUT2D eigenvalue weighted by atomic mass is 10.1. The van der Waals surface area contributed by atoms with E-state index < -0.39 is 0 Å². The number of carbonyl (C=O) groups excluding carboxylic acids is 1. The highest BCUT2D eigenvalue weighted by atomic mass is 16.1. The van der Waals surface area contributed by atoms with E-state index in [2.05, 4.69) is 29.6 Å². The third-order valence-corrected chi connectivity index (χ3v) is 3.54. The van der Waals surface area contributed by atoms with Crippen molar-refractivity contribution in [3.8, 4) is 0 Å². The molecule has 0 aliphatic carbocycles. The molecule has 1 aliphatic heterocycles. The zero-order valence-electron chi connectivity index (χ0n) is 10.8. The molecule has 1 aromatic rings. The fourth-order valence-corrected chi connectivity index (χ4v) is 2.50. The molecule has 1 fully saturated rings. The van der Waals surface area contributed by atoms with Crippen molar-refractivity contribution in [2.24, 2.45) is 0 Å². The van der Waals surface area contributed by atoms with Crippen LogP contribution in [0.2, 0.25) is 0 Å². The van der Waals surface area contributed by atoms with Gasteiger partial charge in [0.1, 0.15) is 0 Å². The average molecular weight is 246 g/mol. The van der Waals surface area contributed by atoms with E-state index in [1.807, 2.05) is 11.0 Å². The number of benzene rings is 1. The number of nitrogens with one attached hydrogen (secondary N) is 1. The maximum atomic E-state index is 10.9. The predicted octanol–water partition coefficient (Wildman–Crippen LogP) is 1.83. The summed E-state index contributed by atoms with van der Waals surface area (Å²) in [5.41, 5.74) is 1.37. The van der Waals surface area contributed by atoms with Crippen LogP contribution in [0.5, 0.6) is 0 Å². The van der Waals surface area contributed by atoms with Crippen LogP contribution in [0.25, 0.3) is 0 Å². The maximum absolute atomic E-state index is 10.9. The van der Waals surface area contributed by atoms with Crippen molar-refractivity contribution in [2.45, 2.75) is 31.7 Å². The van der Waals surface area contributed by atoms with Crippen molar-refractivity contribution in [3.05, 3.63) is 35.9 Å². The van der Waals surface area contributed by atoms with Crippen LogP contribution in [-0.4, -0.2) is 37.0 Å². The quantitative estimate of drug-likeness (QED) is 0.804. The van der Waals surface area contributed by atoms with Gasteiger partial charge >= 0.3 is 0 Å². The SMILES string of the molecule is O=CN1CCCCC(NCCc2ccccc2)C1. The fourth-order valence-electron chi connectivity index (χ4n) is 2.50. The Hall–Kier alpha value is -1.35. The van der Waals surface area contributed by atoms with Crippen LogP contribution < -0.4 is 5.32 Å². The number of amides is 1. The van der Waals surface area contributed by atoms with E-state index in [4.69, 9.17) is 0 Å². The van der Waals surface area contributed by atoms with Gasteiger partial charge in [0.15, 0.2) is 0 Å². The summed E-state index contributed by atoms with van der Waals surface area (Å²) in [5, 5.41) is 3.57. The Morgan fingerprint density at radius 2 is 2.11 bits per heavy atom. The minimum absolute atomic E-state index is 0.460. The lowest BCUT2D eigenvalue weighted by Crippen LogP contribution is -2.39. The van der Waals surface area contributed by atoms with E-state index in [-0.39, 0.29) is 0 Å². The zero-order valence-corrected chi connectivity index (χ0v) is 10.8. The molecule has 18 heavy (non-hydrogen) atoms. The molecule has 2 rings (SSSR count). The van der Waals surface area contributed by atoms with Gasteiger partial charge in [0, 0.05) is 19.1 Å². The Labute approximate surface area is 109 Å². The zero-order chi connectivity index (χ0) is 12.6. The molecule has 1 N–H and O–H groups in total. The van der Waals surface area contributed by atoms with Gasteiger partial charge in [-0.25, -0.2) is 0 Å². The van der Waals surface area contributed by atoms with Crippen LogP contribution in [-0.2, 0) is 11.2 Å². The third kappa shape index (κ3) is 4.15. The minimum Gasteiger partial charge on any atom is -0.344 e. The molecular weight excluding hydrogens is 224 g/mol. The first-order chi connectivity index (χ1) is 8.88. The summed E-state index contributed by atoms with van der Waals surface area (Å²) in [6, 6.07) is 11.0. The minimum atomic E-state index is 0.460. The van der Waals surface area contributed by atoms with Gasteiger partial charge in [-0.3, -0.25) is 4.79 Å². The molecule has 1 saturated heterocycles. The van der Waals surface area contributed by atoms with Crippen LogP contribution in [0.15, 0.2) is 30.3 Å². The van der Waals surface area contributed by atoms with Crippen molar-refractivity contribution in [1.29, 1.82) is 0 Å². The molecule has 1 heterocycles. The summed E-state index contributed by atoms with van der Waals surface area (Å²) in [6.07, 6.45) is 5.57. The van der Waals surface area contributed by atoms with E-state index in [1.165, 1.54) is 18.4 Å². The van der Waals surface area contributed by atoms with Gasteiger partial charge in [-0.05, 0) is 31.4 Å². The predicted molar refractivity (Wildman–Crippen MR) is 73.4 cm³/mol. The molecule has 1 atom stereocenters. The number of nitrogens with zero attached hydrogens (tertiary/aromatic N) is 1. The van der Waals surface area contributed by atoms with Crippen molar-refractivity contribution < 1.29 is 4.79 Å². The highest BCUT2D eigenvalue weighted by Crippen LogP contribution is 2.09. The molecule has 0 radical (unpaired) electrons. The van der Waals surface area contributed by atoms with E-state index in [0.717, 1.165) is 38.9 Å². The van der Waals surface area contributed by atoms with Gasteiger partial charge in [-0.2, -0.15) is 0 Å². The summed E-state index contributed by atoms with van der Waals surface area (Å²) in [7, 11) is 0. The summed E-state index contributed by atoms with van der Waals surface area (Å²) < 4.78 is 0. The number of rotatable bonds is 5. The molecule has 1 unspecified atom stereocenters. The van der Waals surface area contributed by atoms with Crippen molar-refractivity contribution >= 4 is 6.41 Å². The molecular formula is C15H22N2O. The summed E-state index contributed by atoms with van der Waals surface area (Å²) in [4.78, 5) is 12.7. The summed E-state index contributed by atoms with van der Waals surface area (Å²) in [5.74, 6) is 0. The van der Waals surface area contributed by atoms with Crippen LogP contribution >= 0.6 is 0 Å². The smallest absolute Gasteiger partial charge is 0.209 e. The maximum Gasteiger partial charge on any atom is 0.209 e. The highest BCUT2D eigenvalue weighted by molar-refractivity contribution is 5.47. The summed E-state index contributed by atoms with van der Waals surface area (Å²) >= 11 is 0. The largest absolute Gasteiger partial charge is 0.344 e. The Morgan fingerprint density at radius 1 is 1.28 bits per heavy atom. The van der Waals surface area contributed by atoms with E-state index in [0.29, 0.717) is 6.04 Å². The normalized spacial score (nSPS) is 20.4. The van der Waals surface area contributed by atoms with Gasteiger partial charge in [0.2, 0.25) is 6.41 Å². The lowest BCUT2D eigenvalue weighted by molar-refractivity contribution is -0.118. The van der Waals surface area contributed by atoms with Crippen LogP contribution in [0.4, 0.5) is 0 Å². The first kappa shape index (κ1) is 13.1.